The van der Waals surface area contributed by atoms with E-state index in [4.69, 9.17) is 5.73 Å². The molecule has 3 atom stereocenters. The van der Waals surface area contributed by atoms with Crippen molar-refractivity contribution in [3.05, 3.63) is 0 Å². The highest BCUT2D eigenvalue weighted by atomic mass is 14.5. The standard InChI is InChI=1S/C12H27N/c1-5-10(2)6-7-11(3)8-12(4)9-13/h10-12H,5-9,13H2,1-4H3. The van der Waals surface area contributed by atoms with E-state index in [-0.39, 0.29) is 0 Å². The number of rotatable bonds is 7. The van der Waals surface area contributed by atoms with Crippen molar-refractivity contribution in [2.45, 2.75) is 53.4 Å². The van der Waals surface area contributed by atoms with E-state index < -0.39 is 0 Å². The van der Waals surface area contributed by atoms with Crippen molar-refractivity contribution in [2.24, 2.45) is 23.5 Å². The Labute approximate surface area is 84.1 Å². The summed E-state index contributed by atoms with van der Waals surface area (Å²) >= 11 is 0. The van der Waals surface area contributed by atoms with Crippen molar-refractivity contribution >= 4 is 0 Å². The second-order valence-electron chi connectivity index (χ2n) is 4.77. The van der Waals surface area contributed by atoms with Gasteiger partial charge in [-0.2, -0.15) is 0 Å². The van der Waals surface area contributed by atoms with Crippen LogP contribution in [-0.4, -0.2) is 6.54 Å². The first-order chi connectivity index (χ1) is 6.10. The van der Waals surface area contributed by atoms with E-state index in [2.05, 4.69) is 27.7 Å². The van der Waals surface area contributed by atoms with E-state index in [1.54, 1.807) is 0 Å². The van der Waals surface area contributed by atoms with Crippen LogP contribution in [0.4, 0.5) is 0 Å². The van der Waals surface area contributed by atoms with Crippen molar-refractivity contribution in [3.63, 3.8) is 0 Å². The molecular formula is C12H27N. The van der Waals surface area contributed by atoms with Crippen molar-refractivity contribution in [2.75, 3.05) is 6.54 Å². The van der Waals surface area contributed by atoms with Crippen LogP contribution in [0.5, 0.6) is 0 Å². The first-order valence-corrected chi connectivity index (χ1v) is 5.80. The van der Waals surface area contributed by atoms with E-state index in [1.165, 1.54) is 25.7 Å². The van der Waals surface area contributed by atoms with Crippen LogP contribution in [0.1, 0.15) is 53.4 Å². The van der Waals surface area contributed by atoms with E-state index in [0.29, 0.717) is 5.92 Å². The molecule has 0 aliphatic rings. The normalized spacial score (nSPS) is 18.2. The molecule has 0 aliphatic heterocycles. The summed E-state index contributed by atoms with van der Waals surface area (Å²) in [5, 5.41) is 0. The highest BCUT2D eigenvalue weighted by molar-refractivity contribution is 4.62. The quantitative estimate of drug-likeness (QED) is 0.646. The van der Waals surface area contributed by atoms with Crippen molar-refractivity contribution in [1.82, 2.24) is 0 Å². The molecule has 0 aromatic rings. The van der Waals surface area contributed by atoms with E-state index in [1.807, 2.05) is 0 Å². The van der Waals surface area contributed by atoms with Crippen LogP contribution in [-0.2, 0) is 0 Å². The summed E-state index contributed by atoms with van der Waals surface area (Å²) in [5.74, 6) is 2.45. The van der Waals surface area contributed by atoms with Crippen LogP contribution < -0.4 is 5.73 Å². The van der Waals surface area contributed by atoms with Gasteiger partial charge < -0.3 is 5.73 Å². The van der Waals surface area contributed by atoms with Crippen LogP contribution in [0.15, 0.2) is 0 Å². The van der Waals surface area contributed by atoms with Gasteiger partial charge in [0, 0.05) is 0 Å². The van der Waals surface area contributed by atoms with Gasteiger partial charge in [0.05, 0.1) is 0 Å². The first kappa shape index (κ1) is 13.0. The van der Waals surface area contributed by atoms with Gasteiger partial charge in [-0.1, -0.05) is 47.0 Å². The molecule has 13 heavy (non-hydrogen) atoms. The number of nitrogens with two attached hydrogens (primary N) is 1. The predicted molar refractivity (Wildman–Crippen MR) is 60.7 cm³/mol. The summed E-state index contributed by atoms with van der Waals surface area (Å²) in [4.78, 5) is 0. The fraction of sp³-hybridized carbons (Fsp3) is 1.00. The second-order valence-corrected chi connectivity index (χ2v) is 4.77. The minimum Gasteiger partial charge on any atom is -0.330 e. The molecule has 0 aliphatic carbocycles. The van der Waals surface area contributed by atoms with Crippen LogP contribution in [0.25, 0.3) is 0 Å². The summed E-state index contributed by atoms with van der Waals surface area (Å²) in [7, 11) is 0. The molecule has 0 bridgehead atoms. The molecule has 2 N–H and O–H groups in total. The van der Waals surface area contributed by atoms with Crippen LogP contribution in [0, 0.1) is 17.8 Å². The lowest BCUT2D eigenvalue weighted by Crippen LogP contribution is -2.14. The highest BCUT2D eigenvalue weighted by Crippen LogP contribution is 2.20. The van der Waals surface area contributed by atoms with Gasteiger partial charge in [-0.25, -0.2) is 0 Å². The second kappa shape index (κ2) is 7.37. The minimum absolute atomic E-state index is 0.701. The molecule has 0 heterocycles. The molecule has 0 aromatic carbocycles. The Morgan fingerprint density at radius 1 is 0.923 bits per heavy atom. The lowest BCUT2D eigenvalue weighted by molar-refractivity contribution is 0.360. The largest absolute Gasteiger partial charge is 0.330 e. The fourth-order valence-corrected chi connectivity index (χ4v) is 1.67. The van der Waals surface area contributed by atoms with Crippen LogP contribution >= 0.6 is 0 Å². The van der Waals surface area contributed by atoms with Gasteiger partial charge in [-0.05, 0) is 30.7 Å². The molecule has 0 aromatic heterocycles. The summed E-state index contributed by atoms with van der Waals surface area (Å²) in [6.07, 6.45) is 5.38. The Morgan fingerprint density at radius 3 is 1.92 bits per heavy atom. The average molecular weight is 185 g/mol. The maximum absolute atomic E-state index is 5.60. The highest BCUT2D eigenvalue weighted by Gasteiger charge is 2.08. The molecule has 0 spiro atoms. The molecule has 1 heteroatoms. The topological polar surface area (TPSA) is 26.0 Å². The van der Waals surface area contributed by atoms with Gasteiger partial charge in [-0.3, -0.25) is 0 Å². The molecule has 3 unspecified atom stereocenters. The average Bonchev–Trinajstić information content (AvgIpc) is 2.13. The Hall–Kier alpha value is -0.0400. The molecular weight excluding hydrogens is 158 g/mol. The molecule has 0 saturated carbocycles. The molecule has 0 saturated heterocycles. The monoisotopic (exact) mass is 185 g/mol. The number of hydrogen-bond donors (Lipinski definition) is 1. The van der Waals surface area contributed by atoms with Crippen LogP contribution in [0.2, 0.25) is 0 Å². The van der Waals surface area contributed by atoms with E-state index in [9.17, 15) is 0 Å². The molecule has 1 nitrogen and oxygen atoms in total. The molecule has 0 fully saturated rings. The lowest BCUT2D eigenvalue weighted by Gasteiger charge is -2.17. The zero-order valence-electron chi connectivity index (χ0n) is 9.84. The van der Waals surface area contributed by atoms with Gasteiger partial charge in [0.15, 0.2) is 0 Å². The van der Waals surface area contributed by atoms with E-state index >= 15 is 0 Å². The smallest absolute Gasteiger partial charge is 0.00514 e. The summed E-state index contributed by atoms with van der Waals surface area (Å²) in [5.41, 5.74) is 5.60. The molecule has 0 radical (unpaired) electrons. The molecule has 0 amide bonds. The third-order valence-electron chi connectivity index (χ3n) is 3.06. The number of hydrogen-bond acceptors (Lipinski definition) is 1. The lowest BCUT2D eigenvalue weighted by atomic mass is 9.90. The predicted octanol–water partition coefficient (Wildman–Crippen LogP) is 3.43. The Bertz CT molecular complexity index is 112. The maximum Gasteiger partial charge on any atom is -0.00514 e. The molecule has 80 valence electrons. The van der Waals surface area contributed by atoms with Crippen molar-refractivity contribution in [1.29, 1.82) is 0 Å². The summed E-state index contributed by atoms with van der Waals surface area (Å²) in [6.45, 7) is 10.1. The zero-order chi connectivity index (χ0) is 10.3. The van der Waals surface area contributed by atoms with Gasteiger partial charge in [0.1, 0.15) is 0 Å². The van der Waals surface area contributed by atoms with Gasteiger partial charge in [0.25, 0.3) is 0 Å². The van der Waals surface area contributed by atoms with Gasteiger partial charge in [-0.15, -0.1) is 0 Å². The molecule has 0 rings (SSSR count). The third-order valence-corrected chi connectivity index (χ3v) is 3.06. The Kier molecular flexibility index (Phi) is 7.35. The maximum atomic E-state index is 5.60. The SMILES string of the molecule is CCC(C)CCC(C)CC(C)CN. The Balaban J connectivity index is 3.45. The minimum atomic E-state index is 0.701. The van der Waals surface area contributed by atoms with Crippen LogP contribution in [0.3, 0.4) is 0 Å². The fourth-order valence-electron chi connectivity index (χ4n) is 1.67. The van der Waals surface area contributed by atoms with Gasteiger partial charge >= 0.3 is 0 Å². The zero-order valence-corrected chi connectivity index (χ0v) is 9.84. The first-order valence-electron chi connectivity index (χ1n) is 5.80. The Morgan fingerprint density at radius 2 is 1.46 bits per heavy atom. The van der Waals surface area contributed by atoms with E-state index in [0.717, 1.165) is 18.4 Å². The van der Waals surface area contributed by atoms with Crippen molar-refractivity contribution < 1.29 is 0 Å². The third kappa shape index (κ3) is 7.06. The van der Waals surface area contributed by atoms with Crippen molar-refractivity contribution in [3.8, 4) is 0 Å². The summed E-state index contributed by atoms with van der Waals surface area (Å²) < 4.78 is 0. The summed E-state index contributed by atoms with van der Waals surface area (Å²) in [6, 6.07) is 0. The van der Waals surface area contributed by atoms with Gasteiger partial charge in [0.2, 0.25) is 0 Å².